The summed E-state index contributed by atoms with van der Waals surface area (Å²) in [5, 5.41) is 10.6. The average molecular weight is 539 g/mol. The highest BCUT2D eigenvalue weighted by Gasteiger charge is 2.74. The Morgan fingerprint density at radius 2 is 1.87 bits per heavy atom. The van der Waals surface area contributed by atoms with Crippen molar-refractivity contribution < 1.29 is 24.2 Å². The fraction of sp³-hybridized carbons (Fsp3) is 0.567. The minimum atomic E-state index is -0.950. The number of fused-ring (bicyclic) bond motifs is 2. The van der Waals surface area contributed by atoms with Crippen LogP contribution >= 0.6 is 11.8 Å². The number of thioether (sulfide) groups is 1. The molecule has 1 N–H and O–H groups in total. The first-order valence-electron chi connectivity index (χ1n) is 13.9. The molecule has 1 aromatic carbocycles. The number of amides is 2. The van der Waals surface area contributed by atoms with Crippen molar-refractivity contribution in [2.75, 3.05) is 26.3 Å². The molecule has 204 valence electrons. The van der Waals surface area contributed by atoms with E-state index in [-0.39, 0.29) is 24.4 Å². The van der Waals surface area contributed by atoms with E-state index in [1.807, 2.05) is 54.3 Å². The molecule has 2 saturated heterocycles. The largest absolute Gasteiger partial charge is 0.465 e. The molecular weight excluding hydrogens is 500 g/mol. The first kappa shape index (κ1) is 27.0. The number of esters is 1. The molecule has 0 bridgehead atoms. The van der Waals surface area contributed by atoms with Gasteiger partial charge in [-0.3, -0.25) is 14.4 Å². The van der Waals surface area contributed by atoms with Crippen LogP contribution in [0.2, 0.25) is 0 Å². The van der Waals surface area contributed by atoms with Gasteiger partial charge in [0.05, 0.1) is 35.8 Å². The number of aliphatic hydroxyl groups excluding tert-OH is 1. The zero-order valence-electron chi connectivity index (χ0n) is 22.3. The fourth-order valence-corrected chi connectivity index (χ4v) is 8.84. The van der Waals surface area contributed by atoms with E-state index in [9.17, 15) is 19.5 Å². The Bertz CT molecular complexity index is 1120. The van der Waals surface area contributed by atoms with E-state index in [1.165, 1.54) is 0 Å². The van der Waals surface area contributed by atoms with Crippen LogP contribution in [0, 0.1) is 11.8 Å². The molecule has 0 aromatic heterocycles. The van der Waals surface area contributed by atoms with Crippen molar-refractivity contribution in [3.63, 3.8) is 0 Å². The maximum absolute atomic E-state index is 14.6. The molecule has 4 aliphatic rings. The molecule has 0 radical (unpaired) electrons. The molecule has 38 heavy (non-hydrogen) atoms. The van der Waals surface area contributed by atoms with Gasteiger partial charge in [0.2, 0.25) is 11.8 Å². The Balaban J connectivity index is 1.67. The van der Waals surface area contributed by atoms with E-state index < -0.39 is 33.4 Å². The van der Waals surface area contributed by atoms with Crippen LogP contribution in [-0.4, -0.2) is 74.5 Å². The van der Waals surface area contributed by atoms with Gasteiger partial charge in [0, 0.05) is 17.8 Å². The molecular formula is C30H38N2O5S. The molecule has 2 fully saturated rings. The van der Waals surface area contributed by atoms with E-state index in [2.05, 4.69) is 19.1 Å². The number of ether oxygens (including phenoxy) is 1. The van der Waals surface area contributed by atoms with Crippen LogP contribution in [0.4, 0.5) is 0 Å². The van der Waals surface area contributed by atoms with E-state index in [0.29, 0.717) is 19.7 Å². The third-order valence-corrected chi connectivity index (χ3v) is 10.3. The van der Waals surface area contributed by atoms with Gasteiger partial charge in [0.1, 0.15) is 6.04 Å². The number of hydrogen-bond acceptors (Lipinski definition) is 6. The third kappa shape index (κ3) is 4.39. The minimum Gasteiger partial charge on any atom is -0.465 e. The number of likely N-dealkylation sites (tertiary alicyclic amines) is 1. The maximum atomic E-state index is 14.6. The summed E-state index contributed by atoms with van der Waals surface area (Å²) in [6, 6.07) is 7.83. The van der Waals surface area contributed by atoms with Crippen molar-refractivity contribution in [2.45, 2.75) is 67.5 Å². The molecule has 0 saturated carbocycles. The number of hydrogen-bond donors (Lipinski definition) is 1. The minimum absolute atomic E-state index is 0.120. The van der Waals surface area contributed by atoms with Gasteiger partial charge in [0.15, 0.2) is 0 Å². The van der Waals surface area contributed by atoms with Gasteiger partial charge in [-0.2, -0.15) is 0 Å². The summed E-state index contributed by atoms with van der Waals surface area (Å²) in [7, 11) is 0. The summed E-state index contributed by atoms with van der Waals surface area (Å²) in [6.45, 7) is 5.16. The number of benzene rings is 1. The predicted octanol–water partition coefficient (Wildman–Crippen LogP) is 3.89. The second-order valence-corrected chi connectivity index (χ2v) is 12.7. The quantitative estimate of drug-likeness (QED) is 0.437. The van der Waals surface area contributed by atoms with Crippen molar-refractivity contribution >= 4 is 29.5 Å². The van der Waals surface area contributed by atoms with Gasteiger partial charge in [-0.05, 0) is 38.2 Å². The summed E-state index contributed by atoms with van der Waals surface area (Å²) in [5.41, 5.74) is 0.765. The van der Waals surface area contributed by atoms with Crippen LogP contribution in [0.25, 0.3) is 0 Å². The summed E-state index contributed by atoms with van der Waals surface area (Å²) >= 11 is 1.55. The average Bonchev–Trinajstić information content (AvgIpc) is 3.24. The molecule has 0 aliphatic carbocycles. The number of rotatable bonds is 6. The van der Waals surface area contributed by atoms with Crippen LogP contribution < -0.4 is 0 Å². The maximum Gasteiger partial charge on any atom is 0.311 e. The zero-order chi connectivity index (χ0) is 26.9. The lowest BCUT2D eigenvalue weighted by Crippen LogP contribution is -2.54. The third-order valence-electron chi connectivity index (χ3n) is 8.50. The van der Waals surface area contributed by atoms with Crippen molar-refractivity contribution in [3.8, 4) is 0 Å². The van der Waals surface area contributed by atoms with E-state index in [4.69, 9.17) is 4.74 Å². The van der Waals surface area contributed by atoms with Gasteiger partial charge in [0.25, 0.3) is 0 Å². The molecule has 1 spiro atoms. The molecule has 4 aliphatic heterocycles. The number of cyclic esters (lactones) is 1. The van der Waals surface area contributed by atoms with Gasteiger partial charge in [-0.15, -0.1) is 11.8 Å². The van der Waals surface area contributed by atoms with Crippen molar-refractivity contribution in [3.05, 3.63) is 60.2 Å². The highest BCUT2D eigenvalue weighted by Crippen LogP contribution is 2.66. The number of carbonyl (C=O) groups is 3. The van der Waals surface area contributed by atoms with Gasteiger partial charge < -0.3 is 19.6 Å². The Morgan fingerprint density at radius 1 is 1.08 bits per heavy atom. The van der Waals surface area contributed by atoms with Crippen LogP contribution in [0.15, 0.2) is 54.6 Å². The van der Waals surface area contributed by atoms with Crippen LogP contribution in [0.5, 0.6) is 0 Å². The topological polar surface area (TPSA) is 87.2 Å². The SMILES string of the molecule is CCCCN1CC=C[C@]23S[C@@]4(C)/C=C\CCCCOC(=O)[C@H]4[C@H]2C(=O)N([C@H](CO)c2ccccc2)C3C1=O. The fourth-order valence-electron chi connectivity index (χ4n) is 6.70. The monoisotopic (exact) mass is 538 g/mol. The number of carbonyl (C=O) groups excluding carboxylic acids is 3. The number of nitrogens with zero attached hydrogens (tertiary/aromatic N) is 2. The standard InChI is InChI=1S/C30H38N2O5S/c1-3-4-17-31-18-12-16-30-23(24-28(36)37-19-11-6-5-10-15-29(24,2)38-30)26(34)32(25(30)27(31)35)22(20-33)21-13-8-7-9-14-21/h7-10,12-16,22-25,33H,3-6,11,17-20H2,1-2H3/b15-10-/t22-,23+,24-,25?,29+,30+/m1/s1. The first-order valence-corrected chi connectivity index (χ1v) is 14.7. The molecule has 7 nitrogen and oxygen atoms in total. The van der Waals surface area contributed by atoms with Crippen LogP contribution in [0.3, 0.4) is 0 Å². The lowest BCUT2D eigenvalue weighted by atomic mass is 9.74. The summed E-state index contributed by atoms with van der Waals surface area (Å²) < 4.78 is 4.09. The molecule has 1 aromatic rings. The Kier molecular flexibility index (Phi) is 7.74. The van der Waals surface area contributed by atoms with Crippen LogP contribution in [0.1, 0.15) is 57.6 Å². The Morgan fingerprint density at radius 3 is 2.61 bits per heavy atom. The smallest absolute Gasteiger partial charge is 0.311 e. The predicted molar refractivity (Wildman–Crippen MR) is 147 cm³/mol. The molecule has 8 heteroatoms. The van der Waals surface area contributed by atoms with Crippen molar-refractivity contribution in [2.24, 2.45) is 11.8 Å². The molecule has 5 rings (SSSR count). The molecule has 4 heterocycles. The van der Waals surface area contributed by atoms with Gasteiger partial charge >= 0.3 is 5.97 Å². The van der Waals surface area contributed by atoms with E-state index in [1.54, 1.807) is 16.7 Å². The van der Waals surface area contributed by atoms with Crippen molar-refractivity contribution in [1.82, 2.24) is 9.80 Å². The van der Waals surface area contributed by atoms with Gasteiger partial charge in [-0.25, -0.2) is 0 Å². The second-order valence-electron chi connectivity index (χ2n) is 11.0. The van der Waals surface area contributed by atoms with E-state index >= 15 is 0 Å². The van der Waals surface area contributed by atoms with Crippen LogP contribution in [-0.2, 0) is 19.1 Å². The normalized spacial score (nSPS) is 34.7. The lowest BCUT2D eigenvalue weighted by molar-refractivity contribution is -0.155. The van der Waals surface area contributed by atoms with E-state index in [0.717, 1.165) is 37.7 Å². The highest BCUT2D eigenvalue weighted by molar-refractivity contribution is 8.02. The van der Waals surface area contributed by atoms with Gasteiger partial charge in [-0.1, -0.05) is 68.0 Å². The van der Waals surface area contributed by atoms with Crippen molar-refractivity contribution in [1.29, 1.82) is 0 Å². The lowest BCUT2D eigenvalue weighted by Gasteiger charge is -2.40. The molecule has 2 amide bonds. The first-order chi connectivity index (χ1) is 18.4. The number of allylic oxidation sites excluding steroid dienone is 1. The Labute approximate surface area is 229 Å². The molecule has 1 unspecified atom stereocenters. The highest BCUT2D eigenvalue weighted by atomic mass is 32.2. The Hall–Kier alpha value is -2.58. The number of aliphatic hydroxyl groups is 1. The summed E-state index contributed by atoms with van der Waals surface area (Å²) in [5.74, 6) is -2.28. The summed E-state index contributed by atoms with van der Waals surface area (Å²) in [4.78, 5) is 46.0. The number of unbranched alkanes of at least 4 members (excludes halogenated alkanes) is 1. The zero-order valence-corrected chi connectivity index (χ0v) is 23.1. The molecule has 6 atom stereocenters. The second kappa shape index (κ2) is 10.9. The summed E-state index contributed by atoms with van der Waals surface area (Å²) in [6.07, 6.45) is 12.6.